The van der Waals surface area contributed by atoms with Crippen LogP contribution in [0.4, 0.5) is 0 Å². The van der Waals surface area contributed by atoms with Crippen molar-refractivity contribution in [1.82, 2.24) is 4.90 Å². The Labute approximate surface area is 147 Å². The molecular weight excluding hydrogens is 306 g/mol. The predicted molar refractivity (Wildman–Crippen MR) is 101 cm³/mol. The molecule has 0 radical (unpaired) electrons. The molecule has 0 aromatic rings. The number of carbonyl (C=O) groups excluding carboxylic acids is 1. The summed E-state index contributed by atoms with van der Waals surface area (Å²) < 4.78 is 6.05. The molecule has 3 atom stereocenters. The maximum absolute atomic E-state index is 13.3. The smallest absolute Gasteiger partial charge is 0.230 e. The fourth-order valence-electron chi connectivity index (χ4n) is 3.33. The van der Waals surface area contributed by atoms with Crippen LogP contribution in [0.3, 0.4) is 0 Å². The van der Waals surface area contributed by atoms with Gasteiger partial charge in [0.1, 0.15) is 6.23 Å². The van der Waals surface area contributed by atoms with Crippen LogP contribution in [0.2, 0.25) is 0 Å². The molecule has 4 heteroatoms. The van der Waals surface area contributed by atoms with Gasteiger partial charge in [-0.3, -0.25) is 4.79 Å². The number of carbonyl (C=O) groups is 1. The molecule has 3 nitrogen and oxygen atoms in total. The van der Waals surface area contributed by atoms with Gasteiger partial charge in [0.2, 0.25) is 5.91 Å². The SMILES string of the molecule is CCCSCC[C@H]1OC[C@H](C(C)C)N1C(=O)[C@](C)(CC)CCC. The van der Waals surface area contributed by atoms with Crippen molar-refractivity contribution < 1.29 is 9.53 Å². The molecule has 1 rings (SSSR count). The van der Waals surface area contributed by atoms with Gasteiger partial charge in [-0.1, -0.05) is 48.0 Å². The summed E-state index contributed by atoms with van der Waals surface area (Å²) >= 11 is 1.97. The first-order chi connectivity index (χ1) is 10.9. The van der Waals surface area contributed by atoms with Crippen molar-refractivity contribution >= 4 is 17.7 Å². The normalized spacial score (nSPS) is 24.2. The summed E-state index contributed by atoms with van der Waals surface area (Å²) in [5, 5.41) is 0. The van der Waals surface area contributed by atoms with Gasteiger partial charge < -0.3 is 9.64 Å². The van der Waals surface area contributed by atoms with Gasteiger partial charge in [0.25, 0.3) is 0 Å². The first-order valence-corrected chi connectivity index (χ1v) is 10.6. The van der Waals surface area contributed by atoms with Crippen LogP contribution in [0.5, 0.6) is 0 Å². The van der Waals surface area contributed by atoms with Gasteiger partial charge in [0.15, 0.2) is 0 Å². The van der Waals surface area contributed by atoms with E-state index in [1.807, 2.05) is 11.8 Å². The highest BCUT2D eigenvalue weighted by Gasteiger charge is 2.44. The van der Waals surface area contributed by atoms with E-state index in [1.165, 1.54) is 12.2 Å². The van der Waals surface area contributed by atoms with Gasteiger partial charge in [-0.15, -0.1) is 0 Å². The molecule has 0 aromatic carbocycles. The number of nitrogens with zero attached hydrogens (tertiary/aromatic N) is 1. The Bertz CT molecular complexity index is 361. The molecule has 0 unspecified atom stereocenters. The zero-order chi connectivity index (χ0) is 17.5. The molecule has 0 N–H and O–H groups in total. The highest BCUT2D eigenvalue weighted by molar-refractivity contribution is 7.99. The van der Waals surface area contributed by atoms with Crippen molar-refractivity contribution in [1.29, 1.82) is 0 Å². The summed E-state index contributed by atoms with van der Waals surface area (Å²) in [4.78, 5) is 15.4. The van der Waals surface area contributed by atoms with Gasteiger partial charge in [-0.25, -0.2) is 0 Å². The molecule has 0 spiro atoms. The maximum atomic E-state index is 13.3. The minimum absolute atomic E-state index is 0.0259. The van der Waals surface area contributed by atoms with Crippen LogP contribution in [0, 0.1) is 11.3 Å². The summed E-state index contributed by atoms with van der Waals surface area (Å²) in [5.74, 6) is 3.01. The topological polar surface area (TPSA) is 29.5 Å². The molecule has 0 aliphatic carbocycles. The van der Waals surface area contributed by atoms with Gasteiger partial charge in [-0.2, -0.15) is 11.8 Å². The van der Waals surface area contributed by atoms with Gasteiger partial charge in [-0.05, 0) is 36.7 Å². The van der Waals surface area contributed by atoms with Crippen molar-refractivity contribution in [3.8, 4) is 0 Å². The fraction of sp³-hybridized carbons (Fsp3) is 0.947. The third-order valence-corrected chi connectivity index (χ3v) is 6.31. The van der Waals surface area contributed by atoms with E-state index in [0.717, 1.165) is 31.4 Å². The van der Waals surface area contributed by atoms with E-state index in [-0.39, 0.29) is 17.7 Å². The standard InChI is InChI=1S/C19H37NO2S/c1-7-11-19(6,9-3)18(21)20-16(15(4)5)14-22-17(20)10-13-23-12-8-2/h15-17H,7-14H2,1-6H3/t16-,17-,19-/m1/s1. The van der Waals surface area contributed by atoms with Crippen molar-refractivity contribution in [2.75, 3.05) is 18.1 Å². The van der Waals surface area contributed by atoms with E-state index in [4.69, 9.17) is 4.74 Å². The predicted octanol–water partition coefficient (Wildman–Crippen LogP) is 4.95. The number of ether oxygens (including phenoxy) is 1. The first-order valence-electron chi connectivity index (χ1n) is 9.43. The van der Waals surface area contributed by atoms with Crippen molar-refractivity contribution in [2.24, 2.45) is 11.3 Å². The Balaban J connectivity index is 2.85. The van der Waals surface area contributed by atoms with Gasteiger partial charge in [0, 0.05) is 11.8 Å². The van der Waals surface area contributed by atoms with E-state index >= 15 is 0 Å². The van der Waals surface area contributed by atoms with E-state index in [2.05, 4.69) is 46.4 Å². The van der Waals surface area contributed by atoms with Crippen LogP contribution in [-0.4, -0.2) is 41.2 Å². The van der Waals surface area contributed by atoms with Crippen molar-refractivity contribution in [2.45, 2.75) is 85.9 Å². The molecular formula is C19H37NO2S. The quantitative estimate of drug-likeness (QED) is 0.526. The average molecular weight is 344 g/mol. The Kier molecular flexibility index (Phi) is 8.99. The first kappa shape index (κ1) is 20.8. The monoisotopic (exact) mass is 343 g/mol. The van der Waals surface area contributed by atoms with Crippen LogP contribution < -0.4 is 0 Å². The molecule has 1 amide bonds. The van der Waals surface area contributed by atoms with Gasteiger partial charge >= 0.3 is 0 Å². The highest BCUT2D eigenvalue weighted by atomic mass is 32.2. The summed E-state index contributed by atoms with van der Waals surface area (Å²) in [6.07, 6.45) is 5.04. The lowest BCUT2D eigenvalue weighted by molar-refractivity contribution is -0.149. The summed E-state index contributed by atoms with van der Waals surface area (Å²) in [6.45, 7) is 13.7. The lowest BCUT2D eigenvalue weighted by Crippen LogP contribution is -2.50. The second kappa shape index (κ2) is 9.93. The fourth-order valence-corrected chi connectivity index (χ4v) is 4.19. The minimum atomic E-state index is -0.246. The largest absolute Gasteiger partial charge is 0.356 e. The molecule has 0 bridgehead atoms. The molecule has 1 fully saturated rings. The molecule has 1 heterocycles. The zero-order valence-electron chi connectivity index (χ0n) is 16.1. The van der Waals surface area contributed by atoms with Crippen LogP contribution in [0.1, 0.15) is 73.6 Å². The second-order valence-electron chi connectivity index (χ2n) is 7.38. The third kappa shape index (κ3) is 5.38. The minimum Gasteiger partial charge on any atom is -0.356 e. The highest BCUT2D eigenvalue weighted by Crippen LogP contribution is 2.36. The van der Waals surface area contributed by atoms with Crippen LogP contribution in [0.15, 0.2) is 0 Å². The Hall–Kier alpha value is -0.220. The van der Waals surface area contributed by atoms with E-state index in [0.29, 0.717) is 18.4 Å². The van der Waals surface area contributed by atoms with Crippen LogP contribution in [0.25, 0.3) is 0 Å². The summed E-state index contributed by atoms with van der Waals surface area (Å²) in [5.41, 5.74) is -0.246. The Morgan fingerprint density at radius 2 is 1.96 bits per heavy atom. The molecule has 0 aromatic heterocycles. The number of hydrogen-bond donors (Lipinski definition) is 0. The maximum Gasteiger partial charge on any atom is 0.230 e. The zero-order valence-corrected chi connectivity index (χ0v) is 16.9. The van der Waals surface area contributed by atoms with E-state index < -0.39 is 0 Å². The molecule has 1 saturated heterocycles. The Morgan fingerprint density at radius 3 is 2.48 bits per heavy atom. The van der Waals surface area contributed by atoms with Crippen molar-refractivity contribution in [3.05, 3.63) is 0 Å². The number of rotatable bonds is 10. The summed E-state index contributed by atoms with van der Waals surface area (Å²) in [6, 6.07) is 0.228. The second-order valence-corrected chi connectivity index (χ2v) is 8.60. The molecule has 1 aliphatic heterocycles. The van der Waals surface area contributed by atoms with E-state index in [9.17, 15) is 4.79 Å². The lowest BCUT2D eigenvalue weighted by Gasteiger charge is -2.38. The van der Waals surface area contributed by atoms with Crippen LogP contribution >= 0.6 is 11.8 Å². The molecule has 0 saturated carbocycles. The lowest BCUT2D eigenvalue weighted by atomic mass is 9.80. The number of hydrogen-bond acceptors (Lipinski definition) is 3. The van der Waals surface area contributed by atoms with E-state index in [1.54, 1.807) is 0 Å². The van der Waals surface area contributed by atoms with Gasteiger partial charge in [0.05, 0.1) is 12.6 Å². The van der Waals surface area contributed by atoms with Crippen molar-refractivity contribution in [3.63, 3.8) is 0 Å². The average Bonchev–Trinajstić information content (AvgIpc) is 2.94. The Morgan fingerprint density at radius 1 is 1.26 bits per heavy atom. The summed E-state index contributed by atoms with van der Waals surface area (Å²) in [7, 11) is 0. The number of thioether (sulfide) groups is 1. The molecule has 23 heavy (non-hydrogen) atoms. The molecule has 1 aliphatic rings. The third-order valence-electron chi connectivity index (χ3n) is 5.09. The molecule has 136 valence electrons. The van der Waals surface area contributed by atoms with Crippen LogP contribution in [-0.2, 0) is 9.53 Å². The number of amides is 1.